The lowest BCUT2D eigenvalue weighted by atomic mass is 9.94. The van der Waals surface area contributed by atoms with Gasteiger partial charge in [0.05, 0.1) is 0 Å². The predicted octanol–water partition coefficient (Wildman–Crippen LogP) is 3.22. The Balaban J connectivity index is 1.70. The average molecular weight is 225 g/mol. The van der Waals surface area contributed by atoms with E-state index in [0.717, 1.165) is 17.2 Å². The van der Waals surface area contributed by atoms with E-state index in [2.05, 4.69) is 35.5 Å². The minimum absolute atomic E-state index is 0.797. The Bertz CT molecular complexity index is 215. The average Bonchev–Trinajstić information content (AvgIpc) is 2.75. The quantitative estimate of drug-likeness (QED) is 0.737. The van der Waals surface area contributed by atoms with Crippen molar-refractivity contribution in [2.24, 2.45) is 5.92 Å². The number of hydrogen-bond donors (Lipinski definition) is 1. The standard InChI is InChI=1S/C13H23NS/c1-15-13-9-5-8-12(13)14-10-11-6-3-2-4-7-11/h2-3,11-14H,4-10H2,1H3. The van der Waals surface area contributed by atoms with Crippen LogP contribution in [0.2, 0.25) is 0 Å². The van der Waals surface area contributed by atoms with Crippen molar-refractivity contribution < 1.29 is 0 Å². The van der Waals surface area contributed by atoms with Gasteiger partial charge in [0.2, 0.25) is 0 Å². The molecule has 86 valence electrons. The molecule has 0 aromatic heterocycles. The highest BCUT2D eigenvalue weighted by molar-refractivity contribution is 7.99. The number of nitrogens with one attached hydrogen (secondary N) is 1. The molecule has 0 aliphatic heterocycles. The first kappa shape index (κ1) is 11.5. The van der Waals surface area contributed by atoms with E-state index in [1.54, 1.807) is 0 Å². The molecular weight excluding hydrogens is 202 g/mol. The molecule has 1 saturated carbocycles. The molecule has 0 aromatic carbocycles. The highest BCUT2D eigenvalue weighted by Crippen LogP contribution is 2.28. The lowest BCUT2D eigenvalue weighted by Gasteiger charge is -2.24. The summed E-state index contributed by atoms with van der Waals surface area (Å²) < 4.78 is 0. The molecule has 2 rings (SSSR count). The first-order valence-corrected chi connectivity index (χ1v) is 7.60. The van der Waals surface area contributed by atoms with Crippen molar-refractivity contribution in [1.82, 2.24) is 5.32 Å². The van der Waals surface area contributed by atoms with E-state index in [4.69, 9.17) is 0 Å². The molecule has 0 heterocycles. The molecule has 15 heavy (non-hydrogen) atoms. The lowest BCUT2D eigenvalue weighted by Crippen LogP contribution is -2.37. The summed E-state index contributed by atoms with van der Waals surface area (Å²) in [7, 11) is 0. The van der Waals surface area contributed by atoms with Crippen LogP contribution in [0.1, 0.15) is 38.5 Å². The third kappa shape index (κ3) is 3.25. The number of hydrogen-bond acceptors (Lipinski definition) is 2. The van der Waals surface area contributed by atoms with E-state index in [1.807, 2.05) is 0 Å². The number of allylic oxidation sites excluding steroid dienone is 2. The van der Waals surface area contributed by atoms with E-state index in [-0.39, 0.29) is 0 Å². The molecule has 2 heteroatoms. The van der Waals surface area contributed by atoms with Crippen molar-refractivity contribution in [2.45, 2.75) is 49.8 Å². The van der Waals surface area contributed by atoms with Crippen molar-refractivity contribution in [1.29, 1.82) is 0 Å². The Morgan fingerprint density at radius 1 is 1.27 bits per heavy atom. The van der Waals surface area contributed by atoms with Gasteiger partial charge < -0.3 is 5.32 Å². The van der Waals surface area contributed by atoms with Gasteiger partial charge >= 0.3 is 0 Å². The number of thioether (sulfide) groups is 1. The zero-order valence-corrected chi connectivity index (χ0v) is 10.6. The van der Waals surface area contributed by atoms with Gasteiger partial charge in [-0.15, -0.1) is 0 Å². The maximum atomic E-state index is 3.80. The molecule has 0 radical (unpaired) electrons. The van der Waals surface area contributed by atoms with Crippen molar-refractivity contribution in [3.63, 3.8) is 0 Å². The van der Waals surface area contributed by atoms with Gasteiger partial charge in [-0.05, 0) is 50.8 Å². The molecule has 0 spiro atoms. The molecule has 2 aliphatic rings. The Morgan fingerprint density at radius 2 is 2.20 bits per heavy atom. The van der Waals surface area contributed by atoms with Crippen LogP contribution >= 0.6 is 11.8 Å². The second kappa shape index (κ2) is 5.95. The van der Waals surface area contributed by atoms with Crippen LogP contribution in [0.5, 0.6) is 0 Å². The Hall–Kier alpha value is 0.0500. The molecule has 1 nitrogen and oxygen atoms in total. The van der Waals surface area contributed by atoms with Crippen LogP contribution in [-0.4, -0.2) is 24.1 Å². The lowest BCUT2D eigenvalue weighted by molar-refractivity contribution is 0.406. The fourth-order valence-electron chi connectivity index (χ4n) is 2.80. The van der Waals surface area contributed by atoms with Gasteiger partial charge in [0.1, 0.15) is 0 Å². The predicted molar refractivity (Wildman–Crippen MR) is 69.4 cm³/mol. The second-order valence-corrected chi connectivity index (χ2v) is 5.95. The zero-order chi connectivity index (χ0) is 10.5. The van der Waals surface area contributed by atoms with Crippen molar-refractivity contribution in [2.75, 3.05) is 12.8 Å². The van der Waals surface area contributed by atoms with E-state index in [1.165, 1.54) is 45.1 Å². The summed E-state index contributed by atoms with van der Waals surface area (Å²) in [4.78, 5) is 0. The molecule has 1 fully saturated rings. The maximum Gasteiger partial charge on any atom is 0.0198 e. The van der Waals surface area contributed by atoms with Gasteiger partial charge in [0, 0.05) is 11.3 Å². The highest BCUT2D eigenvalue weighted by atomic mass is 32.2. The molecule has 0 aromatic rings. The second-order valence-electron chi connectivity index (χ2n) is 4.87. The van der Waals surface area contributed by atoms with Crippen molar-refractivity contribution >= 4 is 11.8 Å². The SMILES string of the molecule is CSC1CCCC1NCC1CC=CCC1. The first-order chi connectivity index (χ1) is 7.40. The van der Waals surface area contributed by atoms with Crippen LogP contribution in [0.15, 0.2) is 12.2 Å². The van der Waals surface area contributed by atoms with Gasteiger partial charge in [-0.2, -0.15) is 11.8 Å². The Labute approximate surface area is 98.1 Å². The van der Waals surface area contributed by atoms with Crippen LogP contribution in [0, 0.1) is 5.92 Å². The molecule has 3 unspecified atom stereocenters. The van der Waals surface area contributed by atoms with Gasteiger partial charge in [0.15, 0.2) is 0 Å². The van der Waals surface area contributed by atoms with Gasteiger partial charge in [0.25, 0.3) is 0 Å². The van der Waals surface area contributed by atoms with E-state index in [0.29, 0.717) is 0 Å². The minimum Gasteiger partial charge on any atom is -0.313 e. The van der Waals surface area contributed by atoms with E-state index >= 15 is 0 Å². The van der Waals surface area contributed by atoms with Gasteiger partial charge in [-0.3, -0.25) is 0 Å². The minimum atomic E-state index is 0.797. The van der Waals surface area contributed by atoms with Crippen LogP contribution in [-0.2, 0) is 0 Å². The topological polar surface area (TPSA) is 12.0 Å². The third-order valence-electron chi connectivity index (χ3n) is 3.80. The first-order valence-electron chi connectivity index (χ1n) is 6.31. The number of rotatable bonds is 4. The normalized spacial score (nSPS) is 35.9. The molecule has 0 saturated heterocycles. The third-order valence-corrected chi connectivity index (χ3v) is 4.97. The fourth-order valence-corrected chi connectivity index (χ4v) is 3.76. The summed E-state index contributed by atoms with van der Waals surface area (Å²) in [6.07, 6.45) is 15.2. The fraction of sp³-hybridized carbons (Fsp3) is 0.846. The van der Waals surface area contributed by atoms with Crippen molar-refractivity contribution in [3.8, 4) is 0 Å². The molecule has 3 atom stereocenters. The largest absolute Gasteiger partial charge is 0.313 e. The maximum absolute atomic E-state index is 3.80. The summed E-state index contributed by atoms with van der Waals surface area (Å²) in [6.45, 7) is 1.24. The highest BCUT2D eigenvalue weighted by Gasteiger charge is 2.26. The summed E-state index contributed by atoms with van der Waals surface area (Å²) in [5, 5.41) is 4.68. The van der Waals surface area contributed by atoms with Crippen molar-refractivity contribution in [3.05, 3.63) is 12.2 Å². The summed E-state index contributed by atoms with van der Waals surface area (Å²) in [6, 6.07) is 0.797. The Morgan fingerprint density at radius 3 is 2.93 bits per heavy atom. The van der Waals surface area contributed by atoms with Gasteiger partial charge in [-0.1, -0.05) is 18.6 Å². The monoisotopic (exact) mass is 225 g/mol. The molecule has 0 amide bonds. The molecule has 0 bridgehead atoms. The Kier molecular flexibility index (Phi) is 4.58. The van der Waals surface area contributed by atoms with Crippen LogP contribution in [0.4, 0.5) is 0 Å². The summed E-state index contributed by atoms with van der Waals surface area (Å²) in [5.41, 5.74) is 0. The van der Waals surface area contributed by atoms with Crippen LogP contribution < -0.4 is 5.32 Å². The molecule has 2 aliphatic carbocycles. The van der Waals surface area contributed by atoms with E-state index < -0.39 is 0 Å². The zero-order valence-electron chi connectivity index (χ0n) is 9.74. The smallest absolute Gasteiger partial charge is 0.0198 e. The van der Waals surface area contributed by atoms with E-state index in [9.17, 15) is 0 Å². The summed E-state index contributed by atoms with van der Waals surface area (Å²) in [5.74, 6) is 0.901. The van der Waals surface area contributed by atoms with Gasteiger partial charge in [-0.25, -0.2) is 0 Å². The molecule has 1 N–H and O–H groups in total. The van der Waals surface area contributed by atoms with Crippen LogP contribution in [0.3, 0.4) is 0 Å². The molecular formula is C13H23NS. The summed E-state index contributed by atoms with van der Waals surface area (Å²) >= 11 is 2.05. The van der Waals surface area contributed by atoms with Crippen LogP contribution in [0.25, 0.3) is 0 Å².